The Hall–Kier alpha value is -3.42. The number of carbonyl (C=O) groups excluding carboxylic acids is 1. The van der Waals surface area contributed by atoms with Crippen molar-refractivity contribution in [3.63, 3.8) is 0 Å². The summed E-state index contributed by atoms with van der Waals surface area (Å²) in [7, 11) is 1.91. The first-order valence-electron chi connectivity index (χ1n) is 9.83. The van der Waals surface area contributed by atoms with Gasteiger partial charge in [-0.15, -0.1) is 0 Å². The zero-order valence-corrected chi connectivity index (χ0v) is 16.4. The van der Waals surface area contributed by atoms with Gasteiger partial charge in [0.15, 0.2) is 0 Å². The Morgan fingerprint density at radius 1 is 1.14 bits per heavy atom. The van der Waals surface area contributed by atoms with E-state index in [0.717, 1.165) is 41.4 Å². The number of hydrogen-bond donors (Lipinski definition) is 1. The van der Waals surface area contributed by atoms with Gasteiger partial charge in [-0.05, 0) is 50.1 Å². The van der Waals surface area contributed by atoms with E-state index in [0.29, 0.717) is 11.7 Å². The standard InChI is InChI=1S/C21H22N6O2/c1-13-20(28)23-16-11-14(5-7-17(16)26(13)2)21-24-19(25-29-21)15-6-8-18(22-12-15)27-9-3-4-10-27/h5-8,11-13H,3-4,9-10H2,1-2H3,(H,23,28). The topological polar surface area (TPSA) is 87.4 Å². The lowest BCUT2D eigenvalue weighted by Gasteiger charge is -2.33. The van der Waals surface area contributed by atoms with Crippen molar-refractivity contribution in [3.05, 3.63) is 36.5 Å². The average molecular weight is 390 g/mol. The van der Waals surface area contributed by atoms with Gasteiger partial charge in [0.05, 0.1) is 11.4 Å². The molecule has 1 fully saturated rings. The molecular formula is C21H22N6O2. The molecule has 0 radical (unpaired) electrons. The van der Waals surface area contributed by atoms with Gasteiger partial charge in [0.2, 0.25) is 11.7 Å². The zero-order valence-electron chi connectivity index (χ0n) is 16.4. The third kappa shape index (κ3) is 3.10. The summed E-state index contributed by atoms with van der Waals surface area (Å²) in [6, 6.07) is 9.50. The number of nitrogens with zero attached hydrogens (tertiary/aromatic N) is 5. The van der Waals surface area contributed by atoms with Gasteiger partial charge in [0.1, 0.15) is 11.9 Å². The molecule has 4 heterocycles. The van der Waals surface area contributed by atoms with Gasteiger partial charge in [0.25, 0.3) is 5.89 Å². The number of likely N-dealkylation sites (N-methyl/N-ethyl adjacent to an activating group) is 1. The van der Waals surface area contributed by atoms with E-state index in [1.165, 1.54) is 12.8 Å². The quantitative estimate of drug-likeness (QED) is 0.735. The molecule has 1 amide bonds. The Kier molecular flexibility index (Phi) is 4.19. The molecule has 8 heteroatoms. The molecule has 1 unspecified atom stereocenters. The average Bonchev–Trinajstić information content (AvgIpc) is 3.44. The van der Waals surface area contributed by atoms with Crippen molar-refractivity contribution in [2.75, 3.05) is 35.3 Å². The van der Waals surface area contributed by atoms with E-state index in [4.69, 9.17) is 4.52 Å². The van der Waals surface area contributed by atoms with E-state index in [9.17, 15) is 4.79 Å². The smallest absolute Gasteiger partial charge is 0.258 e. The lowest BCUT2D eigenvalue weighted by atomic mass is 10.1. The molecule has 148 valence electrons. The highest BCUT2D eigenvalue weighted by Crippen LogP contribution is 2.35. The number of pyridine rings is 1. The first kappa shape index (κ1) is 17.7. The van der Waals surface area contributed by atoms with E-state index in [1.807, 2.05) is 49.2 Å². The minimum Gasteiger partial charge on any atom is -0.361 e. The van der Waals surface area contributed by atoms with Crippen LogP contribution in [0.3, 0.4) is 0 Å². The number of aromatic nitrogens is 3. The number of fused-ring (bicyclic) bond motifs is 1. The van der Waals surface area contributed by atoms with Crippen molar-refractivity contribution in [2.24, 2.45) is 0 Å². The number of benzene rings is 1. The molecule has 5 rings (SSSR count). The van der Waals surface area contributed by atoms with Crippen LogP contribution < -0.4 is 15.1 Å². The highest BCUT2D eigenvalue weighted by molar-refractivity contribution is 6.03. The van der Waals surface area contributed by atoms with Crippen molar-refractivity contribution < 1.29 is 9.32 Å². The second-order valence-electron chi connectivity index (χ2n) is 7.53. The van der Waals surface area contributed by atoms with Crippen LogP contribution in [0.2, 0.25) is 0 Å². The predicted molar refractivity (Wildman–Crippen MR) is 111 cm³/mol. The fourth-order valence-electron chi connectivity index (χ4n) is 3.81. The number of nitrogens with one attached hydrogen (secondary N) is 1. The molecule has 1 atom stereocenters. The Bertz CT molecular complexity index is 1060. The van der Waals surface area contributed by atoms with Crippen LogP contribution in [0.25, 0.3) is 22.8 Å². The summed E-state index contributed by atoms with van der Waals surface area (Å²) in [6.45, 7) is 3.99. The van der Waals surface area contributed by atoms with Crippen molar-refractivity contribution in [2.45, 2.75) is 25.8 Å². The molecule has 1 saturated heterocycles. The lowest BCUT2D eigenvalue weighted by Crippen LogP contribution is -2.43. The molecule has 29 heavy (non-hydrogen) atoms. The van der Waals surface area contributed by atoms with Gasteiger partial charge in [-0.2, -0.15) is 4.98 Å². The summed E-state index contributed by atoms with van der Waals surface area (Å²) in [5.41, 5.74) is 3.27. The summed E-state index contributed by atoms with van der Waals surface area (Å²) in [6.07, 6.45) is 4.22. The number of rotatable bonds is 3. The first-order valence-corrected chi connectivity index (χ1v) is 9.83. The molecule has 0 saturated carbocycles. The van der Waals surface area contributed by atoms with Crippen LogP contribution in [-0.4, -0.2) is 47.2 Å². The van der Waals surface area contributed by atoms with E-state index in [2.05, 4.69) is 25.3 Å². The second kappa shape index (κ2) is 6.88. The van der Waals surface area contributed by atoms with Crippen LogP contribution in [0.15, 0.2) is 41.1 Å². The molecule has 0 aliphatic carbocycles. The van der Waals surface area contributed by atoms with E-state index in [-0.39, 0.29) is 11.9 Å². The SMILES string of the molecule is CC1C(=O)Nc2cc(-c3nc(-c4ccc(N5CCCC5)nc4)no3)ccc2N1C. The molecule has 8 nitrogen and oxygen atoms in total. The molecule has 2 aliphatic heterocycles. The maximum atomic E-state index is 12.1. The second-order valence-corrected chi connectivity index (χ2v) is 7.53. The molecule has 0 spiro atoms. The third-order valence-electron chi connectivity index (χ3n) is 5.70. The summed E-state index contributed by atoms with van der Waals surface area (Å²) in [5, 5.41) is 7.04. The predicted octanol–water partition coefficient (Wildman–Crippen LogP) is 3.18. The summed E-state index contributed by atoms with van der Waals surface area (Å²) in [5.74, 6) is 1.85. The third-order valence-corrected chi connectivity index (χ3v) is 5.70. The van der Waals surface area contributed by atoms with Crippen molar-refractivity contribution >= 4 is 23.1 Å². The van der Waals surface area contributed by atoms with Crippen LogP contribution in [0.5, 0.6) is 0 Å². The summed E-state index contributed by atoms with van der Waals surface area (Å²) >= 11 is 0. The Morgan fingerprint density at radius 3 is 2.69 bits per heavy atom. The van der Waals surface area contributed by atoms with E-state index < -0.39 is 0 Å². The van der Waals surface area contributed by atoms with Gasteiger partial charge in [-0.1, -0.05) is 5.16 Å². The lowest BCUT2D eigenvalue weighted by molar-refractivity contribution is -0.117. The number of anilines is 3. The van der Waals surface area contributed by atoms with Crippen LogP contribution >= 0.6 is 0 Å². The van der Waals surface area contributed by atoms with E-state index in [1.54, 1.807) is 6.20 Å². The van der Waals surface area contributed by atoms with Crippen LogP contribution in [-0.2, 0) is 4.79 Å². The largest absolute Gasteiger partial charge is 0.361 e. The normalized spacial score (nSPS) is 18.7. The number of amides is 1. The fourth-order valence-corrected chi connectivity index (χ4v) is 3.81. The Labute approximate surface area is 168 Å². The highest BCUT2D eigenvalue weighted by Gasteiger charge is 2.27. The van der Waals surface area contributed by atoms with Gasteiger partial charge in [-0.3, -0.25) is 4.79 Å². The first-order chi connectivity index (χ1) is 14.1. The Balaban J connectivity index is 1.40. The summed E-state index contributed by atoms with van der Waals surface area (Å²) < 4.78 is 5.48. The number of carbonyl (C=O) groups is 1. The maximum Gasteiger partial charge on any atom is 0.258 e. The summed E-state index contributed by atoms with van der Waals surface area (Å²) in [4.78, 5) is 25.4. The van der Waals surface area contributed by atoms with Crippen molar-refractivity contribution in [1.82, 2.24) is 15.1 Å². The van der Waals surface area contributed by atoms with Crippen LogP contribution in [0, 0.1) is 0 Å². The van der Waals surface area contributed by atoms with Crippen LogP contribution in [0.4, 0.5) is 17.2 Å². The number of hydrogen-bond acceptors (Lipinski definition) is 7. The fraction of sp³-hybridized carbons (Fsp3) is 0.333. The molecule has 0 bridgehead atoms. The minimum atomic E-state index is -0.209. The molecule has 1 aromatic carbocycles. The minimum absolute atomic E-state index is 0.0347. The monoisotopic (exact) mass is 390 g/mol. The molecule has 1 N–H and O–H groups in total. The molecular weight excluding hydrogens is 368 g/mol. The van der Waals surface area contributed by atoms with E-state index >= 15 is 0 Å². The van der Waals surface area contributed by atoms with Gasteiger partial charge >= 0.3 is 0 Å². The zero-order chi connectivity index (χ0) is 20.0. The molecule has 2 aliphatic rings. The van der Waals surface area contributed by atoms with Gasteiger partial charge in [-0.25, -0.2) is 4.98 Å². The molecule has 3 aromatic rings. The van der Waals surface area contributed by atoms with Crippen molar-refractivity contribution in [3.8, 4) is 22.8 Å². The maximum absolute atomic E-state index is 12.1. The van der Waals surface area contributed by atoms with Gasteiger partial charge < -0.3 is 19.6 Å². The Morgan fingerprint density at radius 2 is 1.93 bits per heavy atom. The highest BCUT2D eigenvalue weighted by atomic mass is 16.5. The molecule has 2 aromatic heterocycles. The van der Waals surface area contributed by atoms with Gasteiger partial charge in [0, 0.05) is 37.5 Å². The van der Waals surface area contributed by atoms with Crippen LogP contribution in [0.1, 0.15) is 19.8 Å². The van der Waals surface area contributed by atoms with Crippen molar-refractivity contribution in [1.29, 1.82) is 0 Å².